The van der Waals surface area contributed by atoms with Gasteiger partial charge in [-0.25, -0.2) is 0 Å². The van der Waals surface area contributed by atoms with Crippen molar-refractivity contribution in [2.24, 2.45) is 0 Å². The minimum Gasteiger partial charge on any atom is -0.340 e. The van der Waals surface area contributed by atoms with Crippen molar-refractivity contribution >= 4 is 61.7 Å². The van der Waals surface area contributed by atoms with Crippen molar-refractivity contribution in [1.29, 1.82) is 0 Å². The lowest BCUT2D eigenvalue weighted by atomic mass is 9.93. The quantitative estimate of drug-likeness (QED) is 0.126. The standard InChI is InChI=1S/C46H45N2S/c1-3-5-31-47-40(38-23-11-15-33-17-13-25-42(47)44(33)38)29-27-35-19-10-20-36(46(35)49-37-21-8-7-9-22-37)28-30-41-39-24-12-16-34-18-14-26-43(45(34)39)48(41)32-6-4-2/h7-9,11-18,21-30H,3-6,10,19-20,31-32H2,1-2H3/q+1. The Balaban J connectivity index is 1.27. The molecule has 2 aliphatic rings. The molecule has 5 aromatic carbocycles. The van der Waals surface area contributed by atoms with Crippen LogP contribution in [0, 0.1) is 0 Å². The molecule has 0 spiro atoms. The van der Waals surface area contributed by atoms with Crippen molar-refractivity contribution in [1.82, 2.24) is 4.57 Å². The normalized spacial score (nSPS) is 16.2. The number of benzene rings is 5. The first-order valence-electron chi connectivity index (χ1n) is 18.3. The van der Waals surface area contributed by atoms with Crippen molar-refractivity contribution in [2.75, 3.05) is 6.54 Å². The smallest absolute Gasteiger partial charge is 0.214 e. The highest BCUT2D eigenvalue weighted by atomic mass is 32.2. The first kappa shape index (κ1) is 31.7. The van der Waals surface area contributed by atoms with Crippen molar-refractivity contribution in [2.45, 2.75) is 70.2 Å². The molecule has 0 fully saturated rings. The predicted octanol–water partition coefficient (Wildman–Crippen LogP) is 11.9. The van der Waals surface area contributed by atoms with Gasteiger partial charge in [-0.1, -0.05) is 123 Å². The Hall–Kier alpha value is -4.60. The fourth-order valence-electron chi connectivity index (χ4n) is 7.86. The average molecular weight is 658 g/mol. The van der Waals surface area contributed by atoms with Crippen molar-refractivity contribution in [3.8, 4) is 0 Å². The Kier molecular flexibility index (Phi) is 9.11. The van der Waals surface area contributed by atoms with E-state index in [0.717, 1.165) is 32.4 Å². The molecule has 2 nitrogen and oxygen atoms in total. The Morgan fingerprint density at radius 2 is 1.47 bits per heavy atom. The molecule has 0 bridgehead atoms. The number of rotatable bonds is 11. The highest BCUT2D eigenvalue weighted by Gasteiger charge is 2.30. The minimum atomic E-state index is 1.04. The second-order valence-corrected chi connectivity index (χ2v) is 14.5. The highest BCUT2D eigenvalue weighted by molar-refractivity contribution is 8.03. The molecule has 1 aliphatic heterocycles. The molecular weight excluding hydrogens is 613 g/mol. The lowest BCUT2D eigenvalue weighted by Crippen LogP contribution is -2.16. The molecule has 3 heteroatoms. The van der Waals surface area contributed by atoms with E-state index in [2.05, 4.69) is 150 Å². The van der Waals surface area contributed by atoms with E-state index in [9.17, 15) is 0 Å². The van der Waals surface area contributed by atoms with E-state index in [1.807, 2.05) is 11.8 Å². The molecule has 0 amide bonds. The van der Waals surface area contributed by atoms with Crippen molar-refractivity contribution in [3.05, 3.63) is 148 Å². The molecule has 2 heterocycles. The summed E-state index contributed by atoms with van der Waals surface area (Å²) >= 11 is 1.93. The Morgan fingerprint density at radius 3 is 2.29 bits per heavy atom. The summed E-state index contributed by atoms with van der Waals surface area (Å²) in [7, 11) is 0. The van der Waals surface area contributed by atoms with Gasteiger partial charge in [-0.15, -0.1) is 0 Å². The van der Waals surface area contributed by atoms with E-state index >= 15 is 0 Å². The number of hydrogen-bond donors (Lipinski definition) is 0. The molecule has 0 saturated heterocycles. The van der Waals surface area contributed by atoms with Gasteiger partial charge in [0.2, 0.25) is 11.4 Å². The van der Waals surface area contributed by atoms with Gasteiger partial charge in [-0.3, -0.25) is 0 Å². The first-order valence-corrected chi connectivity index (χ1v) is 19.1. The van der Waals surface area contributed by atoms with Gasteiger partial charge >= 0.3 is 0 Å². The molecule has 1 aliphatic carbocycles. The van der Waals surface area contributed by atoms with Crippen LogP contribution < -0.4 is 5.35 Å². The molecule has 6 aromatic rings. The number of unbranched alkanes of at least 4 members (excludes halogenated alkanes) is 2. The molecule has 0 radical (unpaired) electrons. The Morgan fingerprint density at radius 1 is 0.714 bits per heavy atom. The number of hydrogen-bond acceptors (Lipinski definition) is 1. The number of aromatic nitrogens is 1. The van der Waals surface area contributed by atoms with E-state index in [1.54, 1.807) is 0 Å². The fourth-order valence-corrected chi connectivity index (χ4v) is 8.99. The van der Waals surface area contributed by atoms with Gasteiger partial charge in [-0.2, -0.15) is 4.58 Å². The summed E-state index contributed by atoms with van der Waals surface area (Å²) in [5.74, 6) is 0. The molecular formula is C46H45N2S+. The number of thioether (sulfide) groups is 1. The third-order valence-corrected chi connectivity index (χ3v) is 11.5. The van der Waals surface area contributed by atoms with E-state index in [1.165, 1.54) is 101 Å². The van der Waals surface area contributed by atoms with E-state index in [-0.39, 0.29) is 0 Å². The average Bonchev–Trinajstić information content (AvgIpc) is 3.62. The summed E-state index contributed by atoms with van der Waals surface area (Å²) in [6.45, 7) is 6.65. The maximum atomic E-state index is 2.56. The number of nitrogens with zero attached hydrogens (tertiary/aromatic N) is 2. The molecule has 0 N–H and O–H groups in total. The van der Waals surface area contributed by atoms with Crippen molar-refractivity contribution < 1.29 is 4.58 Å². The molecule has 0 unspecified atom stereocenters. The molecule has 49 heavy (non-hydrogen) atoms. The van der Waals surface area contributed by atoms with Crippen LogP contribution in [0.3, 0.4) is 0 Å². The second kappa shape index (κ2) is 14.1. The predicted molar refractivity (Wildman–Crippen MR) is 212 cm³/mol. The summed E-state index contributed by atoms with van der Waals surface area (Å²) in [6.07, 6.45) is 17.8. The van der Waals surface area contributed by atoms with Crippen LogP contribution in [-0.2, 0) is 6.54 Å². The molecule has 8 rings (SSSR count). The SMILES string of the molecule is CCCCn1/c(=C/C=C2\CCCC(/C=C/C3=[N+](CCCC)c4cccc5cccc3c45)=C2Sc2ccccc2)c2cccc3cccc1c32. The van der Waals surface area contributed by atoms with Gasteiger partial charge < -0.3 is 4.57 Å². The van der Waals surface area contributed by atoms with Crippen LogP contribution in [0.1, 0.15) is 64.4 Å². The van der Waals surface area contributed by atoms with Crippen LogP contribution in [0.15, 0.2) is 142 Å². The number of allylic oxidation sites excluding steroid dienone is 5. The lowest BCUT2D eigenvalue weighted by molar-refractivity contribution is -0.436. The maximum Gasteiger partial charge on any atom is 0.214 e. The second-order valence-electron chi connectivity index (χ2n) is 13.5. The summed E-state index contributed by atoms with van der Waals surface area (Å²) < 4.78 is 5.13. The van der Waals surface area contributed by atoms with Gasteiger partial charge in [0.1, 0.15) is 6.54 Å². The number of aryl methyl sites for hydroxylation is 1. The van der Waals surface area contributed by atoms with Crippen LogP contribution in [0.5, 0.6) is 0 Å². The minimum absolute atomic E-state index is 1.04. The van der Waals surface area contributed by atoms with Crippen LogP contribution in [-0.4, -0.2) is 21.4 Å². The van der Waals surface area contributed by atoms with Crippen LogP contribution in [0.4, 0.5) is 5.69 Å². The third-order valence-electron chi connectivity index (χ3n) is 10.3. The zero-order valence-electron chi connectivity index (χ0n) is 28.8. The van der Waals surface area contributed by atoms with Crippen molar-refractivity contribution in [3.63, 3.8) is 0 Å². The summed E-state index contributed by atoms with van der Waals surface area (Å²) in [6, 6.07) is 38.0. The van der Waals surface area contributed by atoms with Gasteiger partial charge in [0.15, 0.2) is 0 Å². The van der Waals surface area contributed by atoms with Crippen LogP contribution in [0.25, 0.3) is 38.5 Å². The van der Waals surface area contributed by atoms with Gasteiger partial charge in [-0.05, 0) is 77.9 Å². The zero-order chi connectivity index (χ0) is 33.2. The summed E-state index contributed by atoms with van der Waals surface area (Å²) in [5.41, 5.74) is 8.27. The van der Waals surface area contributed by atoms with E-state index in [0.29, 0.717) is 0 Å². The third kappa shape index (κ3) is 5.99. The molecule has 1 aromatic heterocycles. The zero-order valence-corrected chi connectivity index (χ0v) is 29.6. The largest absolute Gasteiger partial charge is 0.340 e. The maximum absolute atomic E-state index is 2.56. The highest BCUT2D eigenvalue weighted by Crippen LogP contribution is 2.42. The van der Waals surface area contributed by atoms with Crippen LogP contribution >= 0.6 is 11.8 Å². The molecule has 0 saturated carbocycles. The van der Waals surface area contributed by atoms with Gasteiger partial charge in [0.05, 0.1) is 10.9 Å². The first-order chi connectivity index (χ1) is 24.2. The Bertz CT molecular complexity index is 2340. The molecule has 0 atom stereocenters. The topological polar surface area (TPSA) is 7.94 Å². The van der Waals surface area contributed by atoms with E-state index in [4.69, 9.17) is 0 Å². The fraction of sp³-hybridized carbons (Fsp3) is 0.239. The summed E-state index contributed by atoms with van der Waals surface area (Å²) in [5, 5.41) is 8.13. The lowest BCUT2D eigenvalue weighted by Gasteiger charge is -2.21. The van der Waals surface area contributed by atoms with Crippen LogP contribution in [0.2, 0.25) is 0 Å². The summed E-state index contributed by atoms with van der Waals surface area (Å²) in [4.78, 5) is 2.70. The molecule has 244 valence electrons. The van der Waals surface area contributed by atoms with E-state index < -0.39 is 0 Å². The Labute approximate surface area is 294 Å². The van der Waals surface area contributed by atoms with Gasteiger partial charge in [0.25, 0.3) is 0 Å². The monoisotopic (exact) mass is 657 g/mol. The van der Waals surface area contributed by atoms with Gasteiger partial charge in [0, 0.05) is 56.5 Å².